The van der Waals surface area contributed by atoms with Gasteiger partial charge < -0.3 is 15.0 Å². The van der Waals surface area contributed by atoms with Gasteiger partial charge in [-0.3, -0.25) is 4.79 Å². The second-order valence-electron chi connectivity index (χ2n) is 6.62. The minimum absolute atomic E-state index is 0.338. The predicted octanol–water partition coefficient (Wildman–Crippen LogP) is 2.43. The Morgan fingerprint density at radius 1 is 1.32 bits per heavy atom. The Morgan fingerprint density at radius 2 is 2.09 bits per heavy atom. The number of benzene rings is 1. The molecule has 2 aliphatic rings. The maximum absolute atomic E-state index is 12.2. The van der Waals surface area contributed by atoms with Crippen LogP contribution in [0.3, 0.4) is 0 Å². The summed E-state index contributed by atoms with van der Waals surface area (Å²) in [6.07, 6.45) is 3.23. The Bertz CT molecular complexity index is 528. The number of methoxy groups -OCH3 is 1. The SMILES string of the molecule is COc1ccccc1CN[C@@H]1CCN(C(=O)C2CC2)C[C@H]1C. The number of ether oxygens (including phenoxy) is 1. The number of likely N-dealkylation sites (tertiary alicyclic amines) is 1. The highest BCUT2D eigenvalue weighted by atomic mass is 16.5. The van der Waals surface area contributed by atoms with E-state index in [0.29, 0.717) is 23.8 Å². The van der Waals surface area contributed by atoms with Crippen LogP contribution in [-0.2, 0) is 11.3 Å². The maximum Gasteiger partial charge on any atom is 0.225 e. The summed E-state index contributed by atoms with van der Waals surface area (Å²) in [7, 11) is 1.71. The molecule has 1 heterocycles. The molecular weight excluding hydrogens is 276 g/mol. The first kappa shape index (κ1) is 15.3. The molecule has 4 nitrogen and oxygen atoms in total. The van der Waals surface area contributed by atoms with E-state index < -0.39 is 0 Å². The third-order valence-electron chi connectivity index (χ3n) is 4.89. The molecule has 0 bridgehead atoms. The van der Waals surface area contributed by atoms with Crippen LogP contribution < -0.4 is 10.1 Å². The van der Waals surface area contributed by atoms with Crippen LogP contribution in [0.15, 0.2) is 24.3 Å². The van der Waals surface area contributed by atoms with Crippen molar-refractivity contribution in [3.05, 3.63) is 29.8 Å². The normalized spacial score (nSPS) is 25.1. The number of nitrogens with zero attached hydrogens (tertiary/aromatic N) is 1. The molecule has 2 atom stereocenters. The smallest absolute Gasteiger partial charge is 0.225 e. The minimum Gasteiger partial charge on any atom is -0.496 e. The van der Waals surface area contributed by atoms with Gasteiger partial charge in [0, 0.05) is 37.2 Å². The third-order valence-corrected chi connectivity index (χ3v) is 4.89. The van der Waals surface area contributed by atoms with Crippen molar-refractivity contribution in [2.75, 3.05) is 20.2 Å². The Balaban J connectivity index is 1.52. The lowest BCUT2D eigenvalue weighted by Gasteiger charge is -2.37. The molecule has 0 spiro atoms. The summed E-state index contributed by atoms with van der Waals surface area (Å²) in [4.78, 5) is 14.2. The molecule has 1 saturated carbocycles. The van der Waals surface area contributed by atoms with Gasteiger partial charge in [-0.05, 0) is 31.2 Å². The standard InChI is InChI=1S/C18H26N2O2/c1-13-12-20(18(21)14-7-8-14)10-9-16(13)19-11-15-5-3-4-6-17(15)22-2/h3-6,13-14,16,19H,7-12H2,1-2H3/t13-,16-/m1/s1. The van der Waals surface area contributed by atoms with Crippen LogP contribution in [0, 0.1) is 11.8 Å². The zero-order chi connectivity index (χ0) is 15.5. The summed E-state index contributed by atoms with van der Waals surface area (Å²) in [6, 6.07) is 8.60. The van der Waals surface area contributed by atoms with Crippen molar-refractivity contribution in [3.63, 3.8) is 0 Å². The van der Waals surface area contributed by atoms with Gasteiger partial charge in [-0.1, -0.05) is 25.1 Å². The fourth-order valence-corrected chi connectivity index (χ4v) is 3.33. The molecule has 4 heteroatoms. The van der Waals surface area contributed by atoms with Crippen molar-refractivity contribution in [2.24, 2.45) is 11.8 Å². The van der Waals surface area contributed by atoms with E-state index in [1.165, 1.54) is 5.56 Å². The molecule has 0 unspecified atom stereocenters. The van der Waals surface area contributed by atoms with Crippen LogP contribution in [-0.4, -0.2) is 37.0 Å². The summed E-state index contributed by atoms with van der Waals surface area (Å²) in [5, 5.41) is 3.65. The Morgan fingerprint density at radius 3 is 2.77 bits per heavy atom. The highest BCUT2D eigenvalue weighted by Crippen LogP contribution is 2.32. The molecule has 0 aromatic heterocycles. The van der Waals surface area contributed by atoms with Crippen molar-refractivity contribution >= 4 is 5.91 Å². The number of rotatable bonds is 5. The van der Waals surface area contributed by atoms with Gasteiger partial charge in [0.2, 0.25) is 5.91 Å². The maximum atomic E-state index is 12.2. The molecule has 1 aromatic rings. The van der Waals surface area contributed by atoms with Gasteiger partial charge in [0.1, 0.15) is 5.75 Å². The van der Waals surface area contributed by atoms with E-state index in [2.05, 4.69) is 23.2 Å². The first-order valence-electron chi connectivity index (χ1n) is 8.33. The first-order chi connectivity index (χ1) is 10.7. The molecule has 1 N–H and O–H groups in total. The van der Waals surface area contributed by atoms with Gasteiger partial charge in [-0.2, -0.15) is 0 Å². The highest BCUT2D eigenvalue weighted by Gasteiger charge is 2.36. The van der Waals surface area contributed by atoms with Crippen molar-refractivity contribution < 1.29 is 9.53 Å². The molecule has 0 radical (unpaired) electrons. The van der Waals surface area contributed by atoms with Gasteiger partial charge in [0.25, 0.3) is 0 Å². The molecule has 1 amide bonds. The van der Waals surface area contributed by atoms with Crippen LogP contribution in [0.2, 0.25) is 0 Å². The average molecular weight is 302 g/mol. The fourth-order valence-electron chi connectivity index (χ4n) is 3.33. The number of piperidine rings is 1. The average Bonchev–Trinajstić information content (AvgIpc) is 3.38. The number of nitrogens with one attached hydrogen (secondary N) is 1. The lowest BCUT2D eigenvalue weighted by atomic mass is 9.93. The van der Waals surface area contributed by atoms with Gasteiger partial charge in [-0.15, -0.1) is 0 Å². The van der Waals surface area contributed by atoms with Crippen molar-refractivity contribution in [3.8, 4) is 5.75 Å². The lowest BCUT2D eigenvalue weighted by molar-refractivity contribution is -0.134. The quantitative estimate of drug-likeness (QED) is 0.908. The summed E-state index contributed by atoms with van der Waals surface area (Å²) in [5.74, 6) is 2.15. The summed E-state index contributed by atoms with van der Waals surface area (Å²) in [6.45, 7) is 4.84. The summed E-state index contributed by atoms with van der Waals surface area (Å²) >= 11 is 0. The molecule has 3 rings (SSSR count). The zero-order valence-corrected chi connectivity index (χ0v) is 13.5. The van der Waals surface area contributed by atoms with Crippen LogP contribution in [0.25, 0.3) is 0 Å². The van der Waals surface area contributed by atoms with E-state index in [-0.39, 0.29) is 0 Å². The number of para-hydroxylation sites is 1. The van der Waals surface area contributed by atoms with Crippen molar-refractivity contribution in [1.82, 2.24) is 10.2 Å². The van der Waals surface area contributed by atoms with Gasteiger partial charge in [0.15, 0.2) is 0 Å². The van der Waals surface area contributed by atoms with Crippen LogP contribution in [0.4, 0.5) is 0 Å². The molecule has 2 fully saturated rings. The molecular formula is C18H26N2O2. The van der Waals surface area contributed by atoms with Gasteiger partial charge >= 0.3 is 0 Å². The number of amides is 1. The van der Waals surface area contributed by atoms with E-state index >= 15 is 0 Å². The van der Waals surface area contributed by atoms with Gasteiger partial charge in [0.05, 0.1) is 7.11 Å². The predicted molar refractivity (Wildman–Crippen MR) is 86.7 cm³/mol. The summed E-state index contributed by atoms with van der Waals surface area (Å²) in [5.41, 5.74) is 1.19. The van der Waals surface area contributed by atoms with Crippen LogP contribution in [0.5, 0.6) is 5.75 Å². The lowest BCUT2D eigenvalue weighted by Crippen LogP contribution is -2.50. The van der Waals surface area contributed by atoms with Crippen molar-refractivity contribution in [1.29, 1.82) is 0 Å². The summed E-state index contributed by atoms with van der Waals surface area (Å²) < 4.78 is 5.40. The monoisotopic (exact) mass is 302 g/mol. The Kier molecular flexibility index (Phi) is 4.67. The molecule has 120 valence electrons. The molecule has 1 aliphatic carbocycles. The van der Waals surface area contributed by atoms with E-state index in [0.717, 1.165) is 44.6 Å². The number of hydrogen-bond acceptors (Lipinski definition) is 3. The minimum atomic E-state index is 0.338. The molecule has 1 saturated heterocycles. The second-order valence-corrected chi connectivity index (χ2v) is 6.62. The van der Waals surface area contributed by atoms with E-state index in [4.69, 9.17) is 4.74 Å². The van der Waals surface area contributed by atoms with Gasteiger partial charge in [-0.25, -0.2) is 0 Å². The Labute approximate surface area is 132 Å². The van der Waals surface area contributed by atoms with E-state index in [1.807, 2.05) is 18.2 Å². The Hall–Kier alpha value is -1.55. The number of carbonyl (C=O) groups is 1. The zero-order valence-electron chi connectivity index (χ0n) is 13.5. The molecule has 22 heavy (non-hydrogen) atoms. The van der Waals surface area contributed by atoms with E-state index in [9.17, 15) is 4.79 Å². The third kappa shape index (κ3) is 3.43. The number of carbonyl (C=O) groups excluding carboxylic acids is 1. The fraction of sp³-hybridized carbons (Fsp3) is 0.611. The molecule has 1 aliphatic heterocycles. The van der Waals surface area contributed by atoms with E-state index in [1.54, 1.807) is 7.11 Å². The number of hydrogen-bond donors (Lipinski definition) is 1. The van der Waals surface area contributed by atoms with Crippen LogP contribution >= 0.6 is 0 Å². The largest absolute Gasteiger partial charge is 0.496 e. The molecule has 1 aromatic carbocycles. The first-order valence-corrected chi connectivity index (χ1v) is 8.33. The second kappa shape index (κ2) is 6.69. The highest BCUT2D eigenvalue weighted by molar-refractivity contribution is 5.81. The van der Waals surface area contributed by atoms with Crippen LogP contribution in [0.1, 0.15) is 31.7 Å². The van der Waals surface area contributed by atoms with Crippen molar-refractivity contribution in [2.45, 2.75) is 38.8 Å². The topological polar surface area (TPSA) is 41.6 Å².